The van der Waals surface area contributed by atoms with Crippen molar-refractivity contribution in [3.8, 4) is 0 Å². The van der Waals surface area contributed by atoms with Crippen molar-refractivity contribution in [2.45, 2.75) is 125 Å². The summed E-state index contributed by atoms with van der Waals surface area (Å²) in [5.74, 6) is 5.00. The molecule has 0 saturated carbocycles. The van der Waals surface area contributed by atoms with Gasteiger partial charge in [0.15, 0.2) is 6.39 Å². The minimum Gasteiger partial charge on any atom is -0.452 e. The Morgan fingerprint density at radius 1 is 0.532 bits per heavy atom. The number of benzene rings is 1. The Morgan fingerprint density at radius 3 is 1.34 bits per heavy atom. The van der Waals surface area contributed by atoms with E-state index in [1.807, 2.05) is 59.3 Å². The maximum atomic E-state index is 4.47. The lowest BCUT2D eigenvalue weighted by Gasteiger charge is -1.86. The van der Waals surface area contributed by atoms with Gasteiger partial charge in [-0.25, -0.2) is 15.0 Å². The molecule has 0 spiro atoms. The average molecular weight is 654 g/mol. The highest BCUT2D eigenvalue weighted by atomic mass is 16.3. The molecule has 0 aliphatic heterocycles. The lowest BCUT2D eigenvalue weighted by molar-refractivity contribution is 0.558. The van der Waals surface area contributed by atoms with E-state index in [2.05, 4.69) is 149 Å². The lowest BCUT2D eigenvalue weighted by Crippen LogP contribution is -1.77. The van der Waals surface area contributed by atoms with Crippen LogP contribution in [-0.4, -0.2) is 24.3 Å². The summed E-state index contributed by atoms with van der Waals surface area (Å²) >= 11 is 0. The van der Waals surface area contributed by atoms with Gasteiger partial charge in [0, 0.05) is 18.6 Å². The number of para-hydroxylation sites is 2. The summed E-state index contributed by atoms with van der Waals surface area (Å²) in [6.45, 7) is 39.0. The van der Waals surface area contributed by atoms with Crippen molar-refractivity contribution in [3.05, 3.63) is 86.2 Å². The fourth-order valence-electron chi connectivity index (χ4n) is 1.92. The molecule has 1 aromatic carbocycles. The standard InChI is InChI=1S/2C7H6N2.6C4H10.C3H3NO/c1-2-5-9-6-4-8-7(9)3-1;1-2-4-7-6(3-1)8-5-9-7;6*1-4(2)3;1-2-5-3-4-1/h1-6H;1-5H,(H,8,9);6*4H,1-3H3;1-3H. The van der Waals surface area contributed by atoms with Crippen LogP contribution in [0.1, 0.15) is 125 Å². The first-order chi connectivity index (χ1) is 21.8. The molecule has 0 unspecified atom stereocenters. The van der Waals surface area contributed by atoms with Crippen LogP contribution in [-0.2, 0) is 0 Å². The third kappa shape index (κ3) is 55.4. The molecule has 0 bridgehead atoms. The molecule has 0 radical (unpaired) electrons. The van der Waals surface area contributed by atoms with Gasteiger partial charge in [-0.2, -0.15) is 0 Å². The zero-order chi connectivity index (χ0) is 37.2. The number of aromatic amines is 1. The molecule has 0 amide bonds. The van der Waals surface area contributed by atoms with E-state index in [0.29, 0.717) is 0 Å². The quantitative estimate of drug-likeness (QED) is 0.180. The van der Waals surface area contributed by atoms with Gasteiger partial charge in [0.2, 0.25) is 0 Å². The van der Waals surface area contributed by atoms with Crippen molar-refractivity contribution in [1.82, 2.24) is 24.3 Å². The molecule has 1 N–H and O–H groups in total. The van der Waals surface area contributed by atoms with Gasteiger partial charge in [0.05, 0.1) is 23.6 Å². The number of fused-ring (bicyclic) bond motifs is 2. The molecule has 6 nitrogen and oxygen atoms in total. The van der Waals surface area contributed by atoms with Crippen LogP contribution in [0.4, 0.5) is 0 Å². The Morgan fingerprint density at radius 2 is 0.979 bits per heavy atom. The summed E-state index contributed by atoms with van der Waals surface area (Å²) in [5, 5.41) is 0. The normalized spacial score (nSPS) is 9.36. The SMILES string of the molecule is CC(C)C.CC(C)C.CC(C)C.CC(C)C.CC(C)C.CC(C)C.c1ccc2[nH]cnc2c1.c1ccn2ccnc2c1.c1cocn1. The van der Waals surface area contributed by atoms with Gasteiger partial charge < -0.3 is 13.8 Å². The molecule has 5 aromatic rings. The van der Waals surface area contributed by atoms with Gasteiger partial charge in [0.1, 0.15) is 11.9 Å². The third-order valence-electron chi connectivity index (χ3n) is 2.98. The van der Waals surface area contributed by atoms with Crippen LogP contribution in [0.25, 0.3) is 16.7 Å². The van der Waals surface area contributed by atoms with Gasteiger partial charge in [-0.3, -0.25) is 0 Å². The van der Waals surface area contributed by atoms with E-state index in [1.165, 1.54) is 12.7 Å². The largest absolute Gasteiger partial charge is 0.452 e. The van der Waals surface area contributed by atoms with E-state index in [4.69, 9.17) is 0 Å². The van der Waals surface area contributed by atoms with Crippen LogP contribution in [0.5, 0.6) is 0 Å². The molecular weight excluding hydrogens is 578 g/mol. The number of hydrogen-bond acceptors (Lipinski definition) is 4. The summed E-state index contributed by atoms with van der Waals surface area (Å²) in [6, 6.07) is 13.9. The van der Waals surface area contributed by atoms with Crippen LogP contribution >= 0.6 is 0 Å². The fourth-order valence-corrected chi connectivity index (χ4v) is 1.92. The lowest BCUT2D eigenvalue weighted by atomic mass is 10.3. The zero-order valence-electron chi connectivity index (χ0n) is 33.7. The van der Waals surface area contributed by atoms with Crippen LogP contribution in [0.2, 0.25) is 0 Å². The number of nitrogens with one attached hydrogen (secondary N) is 1. The van der Waals surface area contributed by atoms with Crippen LogP contribution in [0.3, 0.4) is 0 Å². The monoisotopic (exact) mass is 654 g/mol. The Kier molecular flexibility index (Phi) is 38.0. The minimum atomic E-state index is 0.833. The van der Waals surface area contributed by atoms with Crippen molar-refractivity contribution in [2.75, 3.05) is 0 Å². The fraction of sp³-hybridized carbons (Fsp3) is 0.585. The number of hydrogen-bond donors (Lipinski definition) is 1. The van der Waals surface area contributed by atoms with Crippen molar-refractivity contribution in [3.63, 3.8) is 0 Å². The average Bonchev–Trinajstić information content (AvgIpc) is 3.71. The van der Waals surface area contributed by atoms with E-state index < -0.39 is 0 Å². The molecule has 0 saturated heterocycles. The van der Waals surface area contributed by atoms with Gasteiger partial charge in [-0.15, -0.1) is 0 Å². The van der Waals surface area contributed by atoms with Gasteiger partial charge in [-0.05, 0) is 59.8 Å². The van der Waals surface area contributed by atoms with Crippen LogP contribution < -0.4 is 0 Å². The Bertz CT molecular complexity index is 1010. The predicted molar refractivity (Wildman–Crippen MR) is 211 cm³/mol. The summed E-state index contributed by atoms with van der Waals surface area (Å²) in [7, 11) is 0. The molecule has 0 atom stereocenters. The number of oxazole rings is 1. The van der Waals surface area contributed by atoms with E-state index in [9.17, 15) is 0 Å². The van der Waals surface area contributed by atoms with Crippen LogP contribution in [0, 0.1) is 35.5 Å². The van der Waals surface area contributed by atoms with E-state index >= 15 is 0 Å². The molecule has 6 heteroatoms. The third-order valence-corrected chi connectivity index (χ3v) is 2.98. The van der Waals surface area contributed by atoms with Gasteiger partial charge in [0.25, 0.3) is 0 Å². The van der Waals surface area contributed by atoms with Crippen molar-refractivity contribution in [2.24, 2.45) is 35.5 Å². The zero-order valence-corrected chi connectivity index (χ0v) is 33.7. The Labute approximate surface area is 291 Å². The second kappa shape index (κ2) is 35.4. The Hall–Kier alpha value is -3.41. The molecule has 4 heterocycles. The number of aromatic nitrogens is 5. The number of H-pyrrole nitrogens is 1. The first-order valence-electron chi connectivity index (χ1n) is 17.4. The number of imidazole rings is 2. The smallest absolute Gasteiger partial charge is 0.180 e. The summed E-state index contributed by atoms with van der Waals surface area (Å²) in [5.41, 5.74) is 3.12. The molecule has 5 rings (SSSR count). The highest BCUT2D eigenvalue weighted by Crippen LogP contribution is 2.05. The Balaban J connectivity index is -0.000000229. The topological polar surface area (TPSA) is 72.0 Å². The molecule has 0 aliphatic carbocycles. The van der Waals surface area contributed by atoms with Crippen molar-refractivity contribution in [1.29, 1.82) is 0 Å². The molecule has 0 aliphatic rings. The number of rotatable bonds is 0. The molecule has 47 heavy (non-hydrogen) atoms. The summed E-state index contributed by atoms with van der Waals surface area (Å²) in [6.07, 6.45) is 11.9. The second-order valence-electron chi connectivity index (χ2n) is 14.9. The van der Waals surface area contributed by atoms with Crippen molar-refractivity contribution >= 4 is 16.7 Å². The molecule has 0 fully saturated rings. The minimum absolute atomic E-state index is 0.833. The first kappa shape index (κ1) is 50.4. The van der Waals surface area contributed by atoms with Crippen molar-refractivity contribution < 1.29 is 4.42 Å². The maximum absolute atomic E-state index is 4.47. The highest BCUT2D eigenvalue weighted by molar-refractivity contribution is 5.73. The first-order valence-corrected chi connectivity index (χ1v) is 17.4. The highest BCUT2D eigenvalue weighted by Gasteiger charge is 1.88. The maximum Gasteiger partial charge on any atom is 0.180 e. The van der Waals surface area contributed by atoms with E-state index in [0.717, 1.165) is 52.2 Å². The number of nitrogens with zero attached hydrogens (tertiary/aromatic N) is 4. The second-order valence-corrected chi connectivity index (χ2v) is 14.9. The van der Waals surface area contributed by atoms with Crippen LogP contribution in [0.15, 0.2) is 90.7 Å². The number of pyridine rings is 1. The van der Waals surface area contributed by atoms with Gasteiger partial charge >= 0.3 is 0 Å². The predicted octanol–water partition coefficient (Wildman–Crippen LogP) is 13.5. The molecular formula is C41H75N5O. The van der Waals surface area contributed by atoms with Gasteiger partial charge in [-0.1, -0.05) is 143 Å². The van der Waals surface area contributed by atoms with E-state index in [1.54, 1.807) is 18.7 Å². The molecule has 4 aromatic heterocycles. The molecule has 270 valence electrons. The van der Waals surface area contributed by atoms with E-state index in [-0.39, 0.29) is 0 Å². The summed E-state index contributed by atoms with van der Waals surface area (Å²) in [4.78, 5) is 14.7. The summed E-state index contributed by atoms with van der Waals surface area (Å²) < 4.78 is 6.44.